The van der Waals surface area contributed by atoms with Gasteiger partial charge in [-0.05, 0) is 33.1 Å². The lowest BCUT2D eigenvalue weighted by Gasteiger charge is -2.23. The summed E-state index contributed by atoms with van der Waals surface area (Å²) in [6, 6.07) is -0.687. The van der Waals surface area contributed by atoms with E-state index < -0.39 is 29.3 Å². The second-order valence-electron chi connectivity index (χ2n) is 7.08. The van der Waals surface area contributed by atoms with Gasteiger partial charge in [0.05, 0.1) is 11.8 Å². The average Bonchev–Trinajstić information content (AvgIpc) is 2.79. The Morgan fingerprint density at radius 3 is 2.00 bits per heavy atom. The highest BCUT2D eigenvalue weighted by atomic mass is 16.4. The fourth-order valence-electron chi connectivity index (χ4n) is 2.43. The van der Waals surface area contributed by atoms with Crippen molar-refractivity contribution in [1.82, 2.24) is 10.6 Å². The topological polar surface area (TPSA) is 95.5 Å². The molecule has 0 spiro atoms. The second-order valence-corrected chi connectivity index (χ2v) is 7.08. The van der Waals surface area contributed by atoms with Crippen LogP contribution in [0.3, 0.4) is 0 Å². The molecule has 0 heterocycles. The summed E-state index contributed by atoms with van der Waals surface area (Å²) in [4.78, 5) is 35.0. The van der Waals surface area contributed by atoms with Crippen molar-refractivity contribution >= 4 is 17.8 Å². The van der Waals surface area contributed by atoms with E-state index in [1.165, 1.54) is 0 Å². The minimum atomic E-state index is -0.970. The molecule has 0 aromatic carbocycles. The summed E-state index contributed by atoms with van der Waals surface area (Å²) in [5, 5.41) is 14.4. The number of nitrogens with one attached hydrogen (secondary N) is 2. The Bertz CT molecular complexity index is 437. The number of carboxylic acids is 1. The highest BCUT2D eigenvalue weighted by Gasteiger charge is 2.66. The first kappa shape index (κ1) is 16.5. The maximum Gasteiger partial charge on any atom is 0.307 e. The minimum Gasteiger partial charge on any atom is -0.481 e. The molecule has 0 saturated heterocycles. The molecule has 114 valence electrons. The highest BCUT2D eigenvalue weighted by molar-refractivity contribution is 5.94. The predicted octanol–water partition coefficient (Wildman–Crippen LogP) is 0.763. The Labute approximate surface area is 119 Å². The summed E-state index contributed by atoms with van der Waals surface area (Å²) < 4.78 is 0. The number of carbonyl (C=O) groups excluding carboxylic acids is 2. The lowest BCUT2D eigenvalue weighted by Crippen LogP contribution is -2.51. The van der Waals surface area contributed by atoms with E-state index in [4.69, 9.17) is 5.11 Å². The van der Waals surface area contributed by atoms with Gasteiger partial charge in [-0.15, -0.1) is 0 Å². The monoisotopic (exact) mass is 284 g/mol. The van der Waals surface area contributed by atoms with E-state index in [2.05, 4.69) is 10.6 Å². The number of hydrogen-bond donors (Lipinski definition) is 3. The lowest BCUT2D eigenvalue weighted by molar-refractivity contribution is -0.140. The van der Waals surface area contributed by atoms with Crippen molar-refractivity contribution in [3.05, 3.63) is 0 Å². The number of rotatable bonds is 4. The molecule has 0 aromatic rings. The number of amides is 2. The molecule has 1 saturated carbocycles. The zero-order valence-corrected chi connectivity index (χ0v) is 12.9. The van der Waals surface area contributed by atoms with Crippen LogP contribution in [0.1, 0.15) is 41.5 Å². The first-order valence-corrected chi connectivity index (χ1v) is 6.73. The maximum absolute atomic E-state index is 12.1. The van der Waals surface area contributed by atoms with Crippen LogP contribution in [0, 0.1) is 17.3 Å². The second kappa shape index (κ2) is 5.07. The van der Waals surface area contributed by atoms with Crippen LogP contribution in [0.15, 0.2) is 0 Å². The number of aliphatic carboxylic acids is 1. The zero-order chi connectivity index (χ0) is 15.9. The summed E-state index contributed by atoms with van der Waals surface area (Å²) in [6.07, 6.45) is 0. The Morgan fingerprint density at radius 2 is 1.65 bits per heavy atom. The molecule has 2 amide bonds. The van der Waals surface area contributed by atoms with Crippen LogP contribution in [0.25, 0.3) is 0 Å². The van der Waals surface area contributed by atoms with E-state index in [1.807, 2.05) is 20.8 Å². The van der Waals surface area contributed by atoms with Crippen molar-refractivity contribution in [2.75, 3.05) is 0 Å². The zero-order valence-electron chi connectivity index (χ0n) is 12.9. The minimum absolute atomic E-state index is 0.281. The van der Waals surface area contributed by atoms with Gasteiger partial charge in [0.25, 0.3) is 0 Å². The van der Waals surface area contributed by atoms with Gasteiger partial charge >= 0.3 is 5.97 Å². The van der Waals surface area contributed by atoms with E-state index in [0.717, 1.165) is 0 Å². The van der Waals surface area contributed by atoms with Gasteiger partial charge < -0.3 is 15.7 Å². The van der Waals surface area contributed by atoms with E-state index in [9.17, 15) is 14.4 Å². The molecule has 0 aliphatic heterocycles. The highest BCUT2D eigenvalue weighted by Crippen LogP contribution is 2.58. The molecule has 6 heteroatoms. The number of carboxylic acid groups (broad SMARTS) is 1. The lowest BCUT2D eigenvalue weighted by atomic mass is 10.1. The fraction of sp³-hybridized carbons (Fsp3) is 0.786. The molecule has 0 bridgehead atoms. The first-order chi connectivity index (χ1) is 8.88. The van der Waals surface area contributed by atoms with Gasteiger partial charge in [-0.2, -0.15) is 0 Å². The van der Waals surface area contributed by atoms with Crippen molar-refractivity contribution in [1.29, 1.82) is 0 Å². The Kier molecular flexibility index (Phi) is 4.17. The van der Waals surface area contributed by atoms with Gasteiger partial charge in [0, 0.05) is 5.54 Å². The Hall–Kier alpha value is -1.59. The molecule has 3 unspecified atom stereocenters. The van der Waals surface area contributed by atoms with Crippen LogP contribution >= 0.6 is 0 Å². The van der Waals surface area contributed by atoms with E-state index in [-0.39, 0.29) is 17.4 Å². The Morgan fingerprint density at radius 1 is 1.15 bits per heavy atom. The van der Waals surface area contributed by atoms with E-state index >= 15 is 0 Å². The van der Waals surface area contributed by atoms with E-state index in [1.54, 1.807) is 20.8 Å². The van der Waals surface area contributed by atoms with Crippen molar-refractivity contribution in [2.45, 2.75) is 53.1 Å². The van der Waals surface area contributed by atoms with Crippen molar-refractivity contribution in [2.24, 2.45) is 17.3 Å². The normalized spacial score (nSPS) is 25.5. The summed E-state index contributed by atoms with van der Waals surface area (Å²) in [5.41, 5.74) is -0.936. The van der Waals surface area contributed by atoms with Gasteiger partial charge in [-0.25, -0.2) is 0 Å². The Balaban J connectivity index is 2.60. The molecule has 1 fully saturated rings. The summed E-state index contributed by atoms with van der Waals surface area (Å²) in [6.45, 7) is 10.6. The molecule has 0 radical (unpaired) electrons. The smallest absolute Gasteiger partial charge is 0.307 e. The van der Waals surface area contributed by atoms with Crippen LogP contribution < -0.4 is 10.6 Å². The van der Waals surface area contributed by atoms with Crippen LogP contribution in [0.2, 0.25) is 0 Å². The molecular formula is C14H24N2O4. The molecule has 0 aromatic heterocycles. The van der Waals surface area contributed by atoms with Crippen molar-refractivity contribution in [3.8, 4) is 0 Å². The van der Waals surface area contributed by atoms with E-state index in [0.29, 0.717) is 0 Å². The third-order valence-electron chi connectivity index (χ3n) is 3.63. The van der Waals surface area contributed by atoms with Crippen LogP contribution in [0.4, 0.5) is 0 Å². The number of carbonyl (C=O) groups is 3. The van der Waals surface area contributed by atoms with Crippen LogP contribution in [0.5, 0.6) is 0 Å². The molecule has 6 nitrogen and oxygen atoms in total. The standard InChI is InChI=1S/C14H24N2O4/c1-7(10(17)16-13(2,3)4)15-11(18)8-9(12(19)20)14(8,5)6/h7-9H,1-6H3,(H,15,18)(H,16,17)(H,19,20). The summed E-state index contributed by atoms with van der Waals surface area (Å²) in [5.74, 6) is -2.89. The third kappa shape index (κ3) is 3.49. The fourth-order valence-corrected chi connectivity index (χ4v) is 2.43. The molecule has 3 N–H and O–H groups in total. The molecular weight excluding hydrogens is 260 g/mol. The van der Waals surface area contributed by atoms with Crippen molar-refractivity contribution < 1.29 is 19.5 Å². The van der Waals surface area contributed by atoms with Crippen molar-refractivity contribution in [3.63, 3.8) is 0 Å². The van der Waals surface area contributed by atoms with Gasteiger partial charge in [0.1, 0.15) is 6.04 Å². The van der Waals surface area contributed by atoms with Gasteiger partial charge in [0.2, 0.25) is 11.8 Å². The third-order valence-corrected chi connectivity index (χ3v) is 3.63. The average molecular weight is 284 g/mol. The molecule has 3 atom stereocenters. The quantitative estimate of drug-likeness (QED) is 0.710. The van der Waals surface area contributed by atoms with Gasteiger partial charge in [-0.1, -0.05) is 13.8 Å². The molecule has 1 rings (SSSR count). The molecule has 1 aliphatic carbocycles. The first-order valence-electron chi connectivity index (χ1n) is 6.73. The largest absolute Gasteiger partial charge is 0.481 e. The summed E-state index contributed by atoms with van der Waals surface area (Å²) in [7, 11) is 0. The number of hydrogen-bond acceptors (Lipinski definition) is 3. The van der Waals surface area contributed by atoms with Crippen LogP contribution in [-0.2, 0) is 14.4 Å². The van der Waals surface area contributed by atoms with Crippen LogP contribution in [-0.4, -0.2) is 34.5 Å². The molecule has 20 heavy (non-hydrogen) atoms. The predicted molar refractivity (Wildman–Crippen MR) is 73.9 cm³/mol. The SMILES string of the molecule is CC(NC(=O)C1C(C(=O)O)C1(C)C)C(=O)NC(C)(C)C. The summed E-state index contributed by atoms with van der Waals surface area (Å²) >= 11 is 0. The van der Waals surface area contributed by atoms with Gasteiger partial charge in [0.15, 0.2) is 0 Å². The maximum atomic E-state index is 12.1. The molecule has 1 aliphatic rings. The van der Waals surface area contributed by atoms with Gasteiger partial charge in [-0.3, -0.25) is 14.4 Å².